The monoisotopic (exact) mass is 444 g/mol. The molecule has 0 radical (unpaired) electrons. The van der Waals surface area contributed by atoms with Crippen LogP contribution >= 0.6 is 0 Å². The lowest BCUT2D eigenvalue weighted by molar-refractivity contribution is -0.189. The number of halogens is 15. The van der Waals surface area contributed by atoms with Gasteiger partial charge in [-0.15, -0.1) is 0 Å². The summed E-state index contributed by atoms with van der Waals surface area (Å²) in [4.78, 5) is 0. The molecule has 0 saturated carbocycles. The Morgan fingerprint density at radius 3 is 0.714 bits per heavy atom. The Morgan fingerprint density at radius 1 is 0.393 bits per heavy atom. The molecule has 0 fully saturated rings. The second-order valence-electron chi connectivity index (χ2n) is 4.98. The number of rotatable bonds is 1. The molecule has 0 aliphatic carbocycles. The predicted octanol–water partition coefficient (Wildman–Crippen LogP) is 7.42. The van der Waals surface area contributed by atoms with Crippen LogP contribution in [-0.2, 0) is 30.9 Å². The van der Waals surface area contributed by atoms with Crippen molar-refractivity contribution in [1.29, 1.82) is 0 Å². The van der Waals surface area contributed by atoms with Gasteiger partial charge in [0.2, 0.25) is 0 Å². The molecule has 0 bridgehead atoms. The van der Waals surface area contributed by atoms with Crippen LogP contribution in [0.5, 0.6) is 0 Å². The van der Waals surface area contributed by atoms with E-state index in [4.69, 9.17) is 0 Å². The maximum atomic E-state index is 13.0. The first-order chi connectivity index (χ1) is 12.1. The van der Waals surface area contributed by atoms with Gasteiger partial charge in [-0.1, -0.05) is 12.7 Å². The molecular weight excluding hydrogens is 441 g/mol. The third-order valence-corrected chi connectivity index (χ3v) is 3.16. The second-order valence-corrected chi connectivity index (χ2v) is 4.98. The summed E-state index contributed by atoms with van der Waals surface area (Å²) in [6.07, 6.45) is -34.1. The van der Waals surface area contributed by atoms with Crippen LogP contribution in [0.4, 0.5) is 65.9 Å². The zero-order valence-electron chi connectivity index (χ0n) is 12.5. The van der Waals surface area contributed by atoms with E-state index >= 15 is 0 Å². The number of benzene rings is 1. The van der Waals surface area contributed by atoms with Crippen LogP contribution in [0.15, 0.2) is 6.58 Å². The van der Waals surface area contributed by atoms with Gasteiger partial charge in [-0.05, 0) is 5.56 Å². The van der Waals surface area contributed by atoms with Gasteiger partial charge in [0.05, 0.1) is 27.8 Å². The molecule has 1 aromatic rings. The normalized spacial score (nSPS) is 14.4. The highest BCUT2D eigenvalue weighted by atomic mass is 19.4. The molecule has 0 amide bonds. The largest absolute Gasteiger partial charge is 0.417 e. The van der Waals surface area contributed by atoms with Gasteiger partial charge in [-0.3, -0.25) is 0 Å². The zero-order valence-corrected chi connectivity index (χ0v) is 12.5. The van der Waals surface area contributed by atoms with Crippen LogP contribution in [0.1, 0.15) is 33.4 Å². The maximum absolute atomic E-state index is 13.0. The first-order valence-electron chi connectivity index (χ1n) is 6.28. The maximum Gasteiger partial charge on any atom is 0.417 e. The minimum absolute atomic E-state index is 0.670. The van der Waals surface area contributed by atoms with E-state index in [-0.39, 0.29) is 0 Å². The molecule has 0 N–H and O–H groups in total. The number of alkyl halides is 15. The predicted molar refractivity (Wildman–Crippen MR) is 61.5 cm³/mol. The fourth-order valence-corrected chi connectivity index (χ4v) is 2.41. The van der Waals surface area contributed by atoms with E-state index in [0.717, 1.165) is 0 Å². The summed E-state index contributed by atoms with van der Waals surface area (Å²) in [5.41, 5.74) is -22.0. The average molecular weight is 444 g/mol. The average Bonchev–Trinajstić information content (AvgIpc) is 2.38. The topological polar surface area (TPSA) is 0 Å². The quantitative estimate of drug-likeness (QED) is 0.396. The number of hydrogen-bond donors (Lipinski definition) is 0. The van der Waals surface area contributed by atoms with Crippen molar-refractivity contribution in [3.63, 3.8) is 0 Å². The Balaban J connectivity index is 4.70. The summed E-state index contributed by atoms with van der Waals surface area (Å²) in [6, 6.07) is 0. The van der Waals surface area contributed by atoms with Crippen LogP contribution in [0.25, 0.3) is 6.08 Å². The molecule has 0 aliphatic heterocycles. The summed E-state index contributed by atoms with van der Waals surface area (Å²) in [7, 11) is 0. The molecule has 0 nitrogen and oxygen atoms in total. The van der Waals surface area contributed by atoms with Crippen molar-refractivity contribution in [2.24, 2.45) is 0 Å². The number of hydrogen-bond acceptors (Lipinski definition) is 0. The van der Waals surface area contributed by atoms with Gasteiger partial charge < -0.3 is 0 Å². The Morgan fingerprint density at radius 2 is 0.571 bits per heavy atom. The van der Waals surface area contributed by atoms with Crippen LogP contribution < -0.4 is 0 Å². The van der Waals surface area contributed by atoms with Crippen LogP contribution in [0.3, 0.4) is 0 Å². The van der Waals surface area contributed by atoms with Crippen molar-refractivity contribution in [2.45, 2.75) is 30.9 Å². The molecule has 0 saturated heterocycles. The fourth-order valence-electron chi connectivity index (χ4n) is 2.41. The molecule has 0 unspecified atom stereocenters. The molecule has 0 spiro atoms. The third kappa shape index (κ3) is 4.32. The van der Waals surface area contributed by atoms with Gasteiger partial charge in [-0.25, -0.2) is 0 Å². The standard InChI is InChI=1S/C13H3F15/c1-2-3-4(9(14,15)16)6(11(20,21)22)8(13(26,27)28)7(12(23,24)25)5(3)10(17,18)19/h2H,1H2. The summed E-state index contributed by atoms with van der Waals surface area (Å²) in [5, 5.41) is 0. The van der Waals surface area contributed by atoms with Gasteiger partial charge in [0, 0.05) is 0 Å². The lowest BCUT2D eigenvalue weighted by atomic mass is 9.84. The van der Waals surface area contributed by atoms with E-state index in [1.165, 1.54) is 0 Å². The lowest BCUT2D eigenvalue weighted by Crippen LogP contribution is -2.32. The lowest BCUT2D eigenvalue weighted by Gasteiger charge is -2.29. The SMILES string of the molecule is C=Cc1c(C(F)(F)F)c(C(F)(F)F)c(C(F)(F)F)c(C(F)(F)F)c1C(F)(F)F. The van der Waals surface area contributed by atoms with E-state index in [1.807, 2.05) is 0 Å². The molecule has 28 heavy (non-hydrogen) atoms. The molecule has 160 valence electrons. The Bertz CT molecular complexity index is 711. The molecule has 0 heterocycles. The van der Waals surface area contributed by atoms with Crippen molar-refractivity contribution in [1.82, 2.24) is 0 Å². The van der Waals surface area contributed by atoms with Crippen LogP contribution in [0, 0.1) is 0 Å². The second kappa shape index (κ2) is 6.47. The van der Waals surface area contributed by atoms with Crippen molar-refractivity contribution in [2.75, 3.05) is 0 Å². The molecule has 0 aliphatic rings. The van der Waals surface area contributed by atoms with Crippen molar-refractivity contribution < 1.29 is 65.9 Å². The van der Waals surface area contributed by atoms with E-state index < -0.39 is 70.3 Å². The highest BCUT2D eigenvalue weighted by molar-refractivity contribution is 5.67. The highest BCUT2D eigenvalue weighted by Gasteiger charge is 2.59. The highest BCUT2D eigenvalue weighted by Crippen LogP contribution is 2.56. The van der Waals surface area contributed by atoms with Crippen molar-refractivity contribution >= 4 is 6.08 Å². The Hall–Kier alpha value is -2.09. The van der Waals surface area contributed by atoms with Gasteiger partial charge in [-0.2, -0.15) is 65.9 Å². The van der Waals surface area contributed by atoms with E-state index in [9.17, 15) is 65.9 Å². The van der Waals surface area contributed by atoms with Crippen LogP contribution in [-0.4, -0.2) is 0 Å². The van der Waals surface area contributed by atoms with E-state index in [2.05, 4.69) is 6.58 Å². The van der Waals surface area contributed by atoms with Gasteiger partial charge in [0.15, 0.2) is 0 Å². The molecule has 1 aromatic carbocycles. The summed E-state index contributed by atoms with van der Waals surface area (Å²) in [5.74, 6) is 0. The third-order valence-electron chi connectivity index (χ3n) is 3.16. The Kier molecular flexibility index (Phi) is 5.54. The Labute approximate surface area is 144 Å². The molecule has 1 rings (SSSR count). The van der Waals surface area contributed by atoms with E-state index in [1.54, 1.807) is 0 Å². The van der Waals surface area contributed by atoms with Crippen molar-refractivity contribution in [3.05, 3.63) is 40.0 Å². The summed E-state index contributed by atoms with van der Waals surface area (Å²) < 4.78 is 195. The fraction of sp³-hybridized carbons (Fsp3) is 0.385. The van der Waals surface area contributed by atoms with E-state index in [0.29, 0.717) is 0 Å². The first kappa shape index (κ1) is 23.9. The van der Waals surface area contributed by atoms with Crippen LogP contribution in [0.2, 0.25) is 0 Å². The van der Waals surface area contributed by atoms with Gasteiger partial charge >= 0.3 is 30.9 Å². The van der Waals surface area contributed by atoms with Gasteiger partial charge in [0.1, 0.15) is 0 Å². The van der Waals surface area contributed by atoms with Gasteiger partial charge in [0.25, 0.3) is 0 Å². The minimum atomic E-state index is -6.88. The summed E-state index contributed by atoms with van der Waals surface area (Å²) in [6.45, 7) is 2.30. The zero-order chi connectivity index (χ0) is 22.7. The molecule has 0 aromatic heterocycles. The minimum Gasteiger partial charge on any atom is -0.166 e. The molecular formula is C13H3F15. The molecule has 15 heteroatoms. The van der Waals surface area contributed by atoms with Crippen molar-refractivity contribution in [3.8, 4) is 0 Å². The smallest absolute Gasteiger partial charge is 0.166 e. The summed E-state index contributed by atoms with van der Waals surface area (Å²) >= 11 is 0. The molecule has 0 atom stereocenters. The first-order valence-corrected chi connectivity index (χ1v) is 6.28.